The second-order valence-electron chi connectivity index (χ2n) is 4.97. The predicted octanol–water partition coefficient (Wildman–Crippen LogP) is 5.49. The normalized spacial score (nSPS) is 11.1. The first kappa shape index (κ1) is 15.5. The molecule has 0 aliphatic carbocycles. The zero-order chi connectivity index (χ0) is 15.9. The summed E-state index contributed by atoms with van der Waals surface area (Å²) in [5.74, 6) is 0.636. The second-order valence-corrected chi connectivity index (χ2v) is 6.15. The fourth-order valence-corrected chi connectivity index (χ4v) is 3.04. The number of hydrogen-bond acceptors (Lipinski definition) is 2. The van der Waals surface area contributed by atoms with Crippen molar-refractivity contribution in [3.05, 3.63) is 62.5 Å². The van der Waals surface area contributed by atoms with Gasteiger partial charge in [-0.05, 0) is 38.1 Å². The number of fused-ring (bicyclic) bond motifs is 1. The third kappa shape index (κ3) is 2.65. The minimum absolute atomic E-state index is 0.265. The Hall–Kier alpha value is -1.42. The number of rotatable bonds is 3. The molecule has 0 spiro atoms. The summed E-state index contributed by atoms with van der Waals surface area (Å²) in [4.78, 5) is 4.47. The second kappa shape index (κ2) is 5.99. The van der Waals surface area contributed by atoms with Crippen molar-refractivity contribution in [1.82, 2.24) is 9.38 Å². The number of aromatic nitrogens is 2. The summed E-state index contributed by atoms with van der Waals surface area (Å²) in [6.45, 7) is 4.10. The lowest BCUT2D eigenvalue weighted by atomic mass is 10.2. The number of aryl methyl sites for hydroxylation is 2. The number of pyridine rings is 1. The Labute approximate surface area is 143 Å². The van der Waals surface area contributed by atoms with Crippen molar-refractivity contribution in [3.8, 4) is 5.75 Å². The average molecular weight is 356 g/mol. The van der Waals surface area contributed by atoms with E-state index < -0.39 is 0 Å². The van der Waals surface area contributed by atoms with Crippen LogP contribution in [0.3, 0.4) is 0 Å². The van der Waals surface area contributed by atoms with E-state index in [9.17, 15) is 0 Å². The van der Waals surface area contributed by atoms with Gasteiger partial charge in [0.25, 0.3) is 0 Å². The maximum Gasteiger partial charge on any atom is 0.181 e. The van der Waals surface area contributed by atoms with Crippen molar-refractivity contribution < 1.29 is 4.74 Å². The first-order valence-electron chi connectivity index (χ1n) is 6.69. The molecule has 0 atom stereocenters. The molecule has 3 aromatic rings. The average Bonchev–Trinajstić information content (AvgIpc) is 2.77. The highest BCUT2D eigenvalue weighted by atomic mass is 35.5. The Kier molecular flexibility index (Phi) is 4.22. The molecular formula is C16H13Cl3N2O. The summed E-state index contributed by atoms with van der Waals surface area (Å²) in [5, 5.41) is 1.75. The fourth-order valence-electron chi connectivity index (χ4n) is 2.28. The number of ether oxygens (including phenoxy) is 1. The van der Waals surface area contributed by atoms with E-state index in [1.807, 2.05) is 30.4 Å². The lowest BCUT2D eigenvalue weighted by Crippen LogP contribution is -2.00. The zero-order valence-corrected chi connectivity index (χ0v) is 14.3. The van der Waals surface area contributed by atoms with E-state index in [1.165, 1.54) is 0 Å². The molecule has 114 valence electrons. The van der Waals surface area contributed by atoms with E-state index in [1.54, 1.807) is 18.2 Å². The van der Waals surface area contributed by atoms with Crippen molar-refractivity contribution in [2.24, 2.45) is 0 Å². The van der Waals surface area contributed by atoms with Crippen molar-refractivity contribution in [2.75, 3.05) is 0 Å². The molecular weight excluding hydrogens is 343 g/mol. The largest absolute Gasteiger partial charge is 0.485 e. The molecule has 2 aromatic heterocycles. The third-order valence-electron chi connectivity index (χ3n) is 3.46. The van der Waals surface area contributed by atoms with Gasteiger partial charge in [0, 0.05) is 21.3 Å². The van der Waals surface area contributed by atoms with Crippen molar-refractivity contribution >= 4 is 40.4 Å². The van der Waals surface area contributed by atoms with Crippen molar-refractivity contribution in [3.63, 3.8) is 0 Å². The number of hydrogen-bond donors (Lipinski definition) is 0. The minimum atomic E-state index is 0.265. The number of benzene rings is 1. The summed E-state index contributed by atoms with van der Waals surface area (Å²) in [5.41, 5.74) is 3.19. The molecule has 0 aliphatic heterocycles. The fraction of sp³-hybridized carbons (Fsp3) is 0.188. The lowest BCUT2D eigenvalue weighted by molar-refractivity contribution is 0.308. The lowest BCUT2D eigenvalue weighted by Gasteiger charge is -2.11. The zero-order valence-electron chi connectivity index (χ0n) is 12.0. The summed E-state index contributed by atoms with van der Waals surface area (Å²) >= 11 is 18.6. The van der Waals surface area contributed by atoms with E-state index in [0.29, 0.717) is 26.6 Å². The van der Waals surface area contributed by atoms with Gasteiger partial charge in [0.15, 0.2) is 11.4 Å². The minimum Gasteiger partial charge on any atom is -0.485 e. The molecule has 0 aliphatic rings. The molecule has 0 N–H and O–H groups in total. The van der Waals surface area contributed by atoms with E-state index >= 15 is 0 Å². The maximum absolute atomic E-state index is 6.29. The molecule has 0 radical (unpaired) electrons. The Morgan fingerprint density at radius 2 is 1.73 bits per heavy atom. The molecule has 3 rings (SSSR count). The van der Waals surface area contributed by atoms with Gasteiger partial charge in [-0.1, -0.05) is 40.9 Å². The monoisotopic (exact) mass is 354 g/mol. The van der Waals surface area contributed by atoms with Crippen molar-refractivity contribution in [2.45, 2.75) is 20.5 Å². The van der Waals surface area contributed by atoms with Crippen LogP contribution >= 0.6 is 34.8 Å². The van der Waals surface area contributed by atoms with Gasteiger partial charge in [-0.25, -0.2) is 4.98 Å². The molecule has 0 saturated carbocycles. The van der Waals surface area contributed by atoms with Gasteiger partial charge in [0.2, 0.25) is 0 Å². The molecule has 6 heteroatoms. The highest BCUT2D eigenvalue weighted by molar-refractivity contribution is 6.36. The first-order valence-corrected chi connectivity index (χ1v) is 7.82. The highest BCUT2D eigenvalue weighted by Crippen LogP contribution is 2.29. The van der Waals surface area contributed by atoms with E-state index in [2.05, 4.69) is 4.98 Å². The van der Waals surface area contributed by atoms with Crippen LogP contribution in [0.15, 0.2) is 30.3 Å². The Balaban J connectivity index is 1.98. The van der Waals surface area contributed by atoms with Gasteiger partial charge >= 0.3 is 0 Å². The maximum atomic E-state index is 6.29. The van der Waals surface area contributed by atoms with E-state index in [4.69, 9.17) is 39.5 Å². The van der Waals surface area contributed by atoms with Crippen LogP contribution in [0, 0.1) is 13.8 Å². The summed E-state index contributed by atoms with van der Waals surface area (Å²) in [6, 6.07) is 9.18. The van der Waals surface area contributed by atoms with Gasteiger partial charge in [-0.2, -0.15) is 0 Å². The standard InChI is InChI=1S/C16H13Cl3N2O/c1-9-6-7-14(16-20-10(2)15(19)21(9)16)22-8-11-12(17)4-3-5-13(11)18/h3-7H,8H2,1-2H3. The topological polar surface area (TPSA) is 26.5 Å². The summed E-state index contributed by atoms with van der Waals surface area (Å²) in [6.07, 6.45) is 0. The molecule has 0 bridgehead atoms. The van der Waals surface area contributed by atoms with Crippen molar-refractivity contribution in [1.29, 1.82) is 0 Å². The molecule has 1 aromatic carbocycles. The van der Waals surface area contributed by atoms with E-state index in [0.717, 1.165) is 17.0 Å². The van der Waals surface area contributed by atoms with Gasteiger partial charge in [-0.15, -0.1) is 0 Å². The van der Waals surface area contributed by atoms with Crippen LogP contribution in [0.1, 0.15) is 17.0 Å². The SMILES string of the molecule is Cc1nc2c(OCc3c(Cl)cccc3Cl)ccc(C)n2c1Cl. The van der Waals surface area contributed by atoms with Crippen LogP contribution in [-0.4, -0.2) is 9.38 Å². The van der Waals surface area contributed by atoms with Crippen LogP contribution in [0.4, 0.5) is 0 Å². The molecule has 0 saturated heterocycles. The van der Waals surface area contributed by atoms with Crippen LogP contribution < -0.4 is 4.74 Å². The third-order valence-corrected chi connectivity index (χ3v) is 4.61. The predicted molar refractivity (Wildman–Crippen MR) is 90.5 cm³/mol. The summed E-state index contributed by atoms with van der Waals surface area (Å²) in [7, 11) is 0. The first-order chi connectivity index (χ1) is 10.5. The van der Waals surface area contributed by atoms with Gasteiger partial charge in [0.05, 0.1) is 5.69 Å². The van der Waals surface area contributed by atoms with Crippen LogP contribution in [0.25, 0.3) is 5.65 Å². The van der Waals surface area contributed by atoms with Crippen LogP contribution in [0.2, 0.25) is 15.2 Å². The number of imidazole rings is 1. The van der Waals surface area contributed by atoms with Crippen LogP contribution in [0.5, 0.6) is 5.75 Å². The Morgan fingerprint density at radius 1 is 1.05 bits per heavy atom. The number of nitrogens with zero attached hydrogens (tertiary/aromatic N) is 2. The summed E-state index contributed by atoms with van der Waals surface area (Å²) < 4.78 is 7.74. The number of halogens is 3. The van der Waals surface area contributed by atoms with Gasteiger partial charge in [-0.3, -0.25) is 4.40 Å². The molecule has 0 amide bonds. The highest BCUT2D eigenvalue weighted by Gasteiger charge is 2.14. The Morgan fingerprint density at radius 3 is 2.41 bits per heavy atom. The molecule has 22 heavy (non-hydrogen) atoms. The molecule has 3 nitrogen and oxygen atoms in total. The quantitative estimate of drug-likeness (QED) is 0.621. The van der Waals surface area contributed by atoms with Gasteiger partial charge in [0.1, 0.15) is 11.8 Å². The molecule has 0 unspecified atom stereocenters. The smallest absolute Gasteiger partial charge is 0.181 e. The molecule has 2 heterocycles. The van der Waals surface area contributed by atoms with Gasteiger partial charge < -0.3 is 4.74 Å². The van der Waals surface area contributed by atoms with E-state index in [-0.39, 0.29) is 6.61 Å². The van der Waals surface area contributed by atoms with Crippen LogP contribution in [-0.2, 0) is 6.61 Å². The Bertz CT molecular complexity index is 838. The molecule has 0 fully saturated rings.